The minimum absolute atomic E-state index is 0.0614. The fraction of sp³-hybridized carbons (Fsp3) is 0.650. The summed E-state index contributed by atoms with van der Waals surface area (Å²) in [6, 6.07) is 11.1. The number of hydrogen-bond donors (Lipinski definition) is 2. The molecule has 3 rings (SSSR count). The van der Waals surface area contributed by atoms with E-state index in [1.807, 2.05) is 4.90 Å². The molecule has 5 nitrogen and oxygen atoms in total. The van der Waals surface area contributed by atoms with E-state index in [2.05, 4.69) is 40.5 Å². The molecule has 0 bridgehead atoms. The summed E-state index contributed by atoms with van der Waals surface area (Å²) >= 11 is 0. The number of hydrogen-bond acceptors (Lipinski definition) is 3. The maximum atomic E-state index is 12.4. The van der Waals surface area contributed by atoms with Crippen LogP contribution < -0.4 is 5.32 Å². The van der Waals surface area contributed by atoms with Gasteiger partial charge < -0.3 is 15.3 Å². The lowest BCUT2D eigenvalue weighted by Gasteiger charge is -2.32. The summed E-state index contributed by atoms with van der Waals surface area (Å²) in [5, 5.41) is 12.3. The van der Waals surface area contributed by atoms with Crippen molar-refractivity contribution in [2.75, 3.05) is 39.3 Å². The van der Waals surface area contributed by atoms with Crippen molar-refractivity contribution >= 4 is 6.03 Å². The predicted molar refractivity (Wildman–Crippen MR) is 99.5 cm³/mol. The number of carbonyl (C=O) groups excluding carboxylic acids is 1. The summed E-state index contributed by atoms with van der Waals surface area (Å²) in [5.41, 5.74) is 1.38. The highest BCUT2D eigenvalue weighted by molar-refractivity contribution is 5.74. The summed E-state index contributed by atoms with van der Waals surface area (Å²) in [5.74, 6) is 0.368. The van der Waals surface area contributed by atoms with Crippen molar-refractivity contribution in [3.05, 3.63) is 35.9 Å². The van der Waals surface area contributed by atoms with Gasteiger partial charge in [0.2, 0.25) is 0 Å². The average Bonchev–Trinajstić information content (AvgIpc) is 3.13. The predicted octanol–water partition coefficient (Wildman–Crippen LogP) is 2.11. The van der Waals surface area contributed by atoms with Gasteiger partial charge in [-0.2, -0.15) is 0 Å². The van der Waals surface area contributed by atoms with Crippen LogP contribution in [0.25, 0.3) is 0 Å². The fourth-order valence-electron chi connectivity index (χ4n) is 3.97. The molecule has 2 fully saturated rings. The minimum atomic E-state index is 0.0614. The quantitative estimate of drug-likeness (QED) is 0.830. The number of nitrogens with zero attached hydrogens (tertiary/aromatic N) is 2. The number of piperidine rings is 1. The second-order valence-corrected chi connectivity index (χ2v) is 7.37. The van der Waals surface area contributed by atoms with Gasteiger partial charge in [0.1, 0.15) is 0 Å². The van der Waals surface area contributed by atoms with Gasteiger partial charge >= 0.3 is 6.03 Å². The van der Waals surface area contributed by atoms with Crippen LogP contribution >= 0.6 is 0 Å². The number of rotatable bonds is 6. The number of aliphatic hydroxyl groups excluding tert-OH is 1. The normalized spacial score (nSPS) is 22.3. The van der Waals surface area contributed by atoms with Crippen LogP contribution in [0.2, 0.25) is 0 Å². The average molecular weight is 345 g/mol. The van der Waals surface area contributed by atoms with Crippen molar-refractivity contribution in [3.63, 3.8) is 0 Å². The van der Waals surface area contributed by atoms with E-state index in [-0.39, 0.29) is 12.6 Å². The summed E-state index contributed by atoms with van der Waals surface area (Å²) < 4.78 is 0. The first-order chi connectivity index (χ1) is 12.3. The molecular formula is C20H31N3O2. The van der Waals surface area contributed by atoms with E-state index >= 15 is 0 Å². The monoisotopic (exact) mass is 345 g/mol. The lowest BCUT2D eigenvalue weighted by atomic mass is 9.98. The molecule has 2 aliphatic rings. The zero-order chi connectivity index (χ0) is 17.5. The topological polar surface area (TPSA) is 55.8 Å². The molecule has 2 amide bonds. The van der Waals surface area contributed by atoms with Crippen LogP contribution in [0.15, 0.2) is 30.3 Å². The number of likely N-dealkylation sites (tertiary alicyclic amines) is 2. The van der Waals surface area contributed by atoms with Crippen LogP contribution in [0.5, 0.6) is 0 Å². The van der Waals surface area contributed by atoms with Gasteiger partial charge in [0, 0.05) is 38.8 Å². The van der Waals surface area contributed by atoms with Crippen LogP contribution in [0.4, 0.5) is 4.79 Å². The molecule has 2 N–H and O–H groups in total. The zero-order valence-corrected chi connectivity index (χ0v) is 15.1. The highest BCUT2D eigenvalue weighted by Crippen LogP contribution is 2.18. The maximum Gasteiger partial charge on any atom is 0.317 e. The maximum absolute atomic E-state index is 12.4. The Labute approximate surface area is 151 Å². The van der Waals surface area contributed by atoms with Crippen LogP contribution in [-0.4, -0.2) is 66.3 Å². The van der Waals surface area contributed by atoms with Crippen molar-refractivity contribution in [2.24, 2.45) is 5.92 Å². The van der Waals surface area contributed by atoms with E-state index in [1.54, 1.807) is 0 Å². The smallest absolute Gasteiger partial charge is 0.317 e. The minimum Gasteiger partial charge on any atom is -0.396 e. The number of amides is 2. The molecule has 0 aliphatic carbocycles. The standard InChI is InChI=1S/C20H31N3O2/c24-16-18-9-13-23(14-10-18)20(25)21-15-19-7-4-11-22(19)12-8-17-5-2-1-3-6-17/h1-3,5-6,18-19,24H,4,7-16H2,(H,21,25)/t19-/m0/s1. The third-order valence-electron chi connectivity index (χ3n) is 5.68. The van der Waals surface area contributed by atoms with Crippen LogP contribution in [0.1, 0.15) is 31.2 Å². The lowest BCUT2D eigenvalue weighted by molar-refractivity contribution is 0.135. The van der Waals surface area contributed by atoms with E-state index in [0.717, 1.165) is 52.0 Å². The van der Waals surface area contributed by atoms with Gasteiger partial charge in [-0.1, -0.05) is 30.3 Å². The van der Waals surface area contributed by atoms with Crippen molar-refractivity contribution < 1.29 is 9.90 Å². The summed E-state index contributed by atoms with van der Waals surface area (Å²) in [6.45, 7) is 4.71. The van der Waals surface area contributed by atoms with Gasteiger partial charge in [-0.3, -0.25) is 4.90 Å². The first-order valence-corrected chi connectivity index (χ1v) is 9.68. The second kappa shape index (κ2) is 9.20. The van der Waals surface area contributed by atoms with Crippen molar-refractivity contribution in [1.82, 2.24) is 15.1 Å². The first-order valence-electron chi connectivity index (χ1n) is 9.68. The van der Waals surface area contributed by atoms with Crippen LogP contribution in [0.3, 0.4) is 0 Å². The molecule has 1 aromatic rings. The highest BCUT2D eigenvalue weighted by atomic mass is 16.3. The van der Waals surface area contributed by atoms with Gasteiger partial charge in [-0.05, 0) is 50.1 Å². The Morgan fingerprint density at radius 3 is 2.60 bits per heavy atom. The molecule has 5 heteroatoms. The molecule has 138 valence electrons. The lowest BCUT2D eigenvalue weighted by Crippen LogP contribution is -2.48. The Kier molecular flexibility index (Phi) is 6.70. The largest absolute Gasteiger partial charge is 0.396 e. The Morgan fingerprint density at radius 2 is 1.88 bits per heavy atom. The molecule has 0 aromatic heterocycles. The van der Waals surface area contributed by atoms with Gasteiger partial charge in [0.15, 0.2) is 0 Å². The number of urea groups is 1. The van der Waals surface area contributed by atoms with Gasteiger partial charge in [0.25, 0.3) is 0 Å². The van der Waals surface area contributed by atoms with Crippen molar-refractivity contribution in [3.8, 4) is 0 Å². The summed E-state index contributed by atoms with van der Waals surface area (Å²) in [4.78, 5) is 16.8. The molecule has 25 heavy (non-hydrogen) atoms. The molecule has 0 saturated carbocycles. The van der Waals surface area contributed by atoms with E-state index in [9.17, 15) is 9.90 Å². The molecular weight excluding hydrogens is 314 g/mol. The summed E-state index contributed by atoms with van der Waals surface area (Å²) in [7, 11) is 0. The third kappa shape index (κ3) is 5.19. The molecule has 0 radical (unpaired) electrons. The van der Waals surface area contributed by atoms with E-state index in [0.29, 0.717) is 12.0 Å². The fourth-order valence-corrected chi connectivity index (χ4v) is 3.97. The molecule has 2 saturated heterocycles. The molecule has 2 heterocycles. The second-order valence-electron chi connectivity index (χ2n) is 7.37. The Hall–Kier alpha value is -1.59. The van der Waals surface area contributed by atoms with Gasteiger partial charge in [-0.15, -0.1) is 0 Å². The molecule has 0 spiro atoms. The number of nitrogens with one attached hydrogen (secondary N) is 1. The molecule has 1 atom stereocenters. The van der Waals surface area contributed by atoms with E-state index < -0.39 is 0 Å². The zero-order valence-electron chi connectivity index (χ0n) is 15.1. The first kappa shape index (κ1) is 18.2. The van der Waals surface area contributed by atoms with Gasteiger partial charge in [-0.25, -0.2) is 4.79 Å². The SMILES string of the molecule is O=C(NC[C@@H]1CCCN1CCc1ccccc1)N1CCC(CO)CC1. The van der Waals surface area contributed by atoms with Gasteiger partial charge in [0.05, 0.1) is 0 Å². The van der Waals surface area contributed by atoms with Crippen molar-refractivity contribution in [2.45, 2.75) is 38.1 Å². The summed E-state index contributed by atoms with van der Waals surface area (Å²) in [6.07, 6.45) is 5.28. The van der Waals surface area contributed by atoms with Crippen LogP contribution in [0, 0.1) is 5.92 Å². The van der Waals surface area contributed by atoms with Crippen LogP contribution in [-0.2, 0) is 6.42 Å². The molecule has 0 unspecified atom stereocenters. The van der Waals surface area contributed by atoms with E-state index in [1.165, 1.54) is 18.4 Å². The number of aliphatic hydroxyl groups is 1. The number of benzene rings is 1. The Balaban J connectivity index is 1.40. The Bertz CT molecular complexity index is 529. The van der Waals surface area contributed by atoms with E-state index in [4.69, 9.17) is 0 Å². The third-order valence-corrected chi connectivity index (χ3v) is 5.68. The van der Waals surface area contributed by atoms with Crippen molar-refractivity contribution in [1.29, 1.82) is 0 Å². The highest BCUT2D eigenvalue weighted by Gasteiger charge is 2.26. The molecule has 2 aliphatic heterocycles. The number of carbonyl (C=O) groups is 1. The molecule has 1 aromatic carbocycles. The Morgan fingerprint density at radius 1 is 1.12 bits per heavy atom.